The topological polar surface area (TPSA) is 25.8 Å². The van der Waals surface area contributed by atoms with Crippen LogP contribution in [-0.4, -0.2) is 16.1 Å². The van der Waals surface area contributed by atoms with Gasteiger partial charge in [-0.1, -0.05) is 77.9 Å². The maximum atomic E-state index is 14.2. The molecule has 0 N–H and O–H groups in total. The molecule has 0 aliphatic heterocycles. The summed E-state index contributed by atoms with van der Waals surface area (Å²) < 4.78 is 42.7. The fourth-order valence-electron chi connectivity index (χ4n) is 5.19. The van der Waals surface area contributed by atoms with Gasteiger partial charge < -0.3 is 9.97 Å². The molecular weight excluding hydrogens is 698 g/mol. The summed E-state index contributed by atoms with van der Waals surface area (Å²) in [5.74, 6) is 0. The van der Waals surface area contributed by atoms with Crippen LogP contribution in [0.3, 0.4) is 0 Å². The molecule has 0 saturated carbocycles. The summed E-state index contributed by atoms with van der Waals surface area (Å²) in [4.78, 5) is 8.67. The maximum absolute atomic E-state index is 14.2. The molecule has 0 amide bonds. The van der Waals surface area contributed by atoms with Crippen LogP contribution in [0.1, 0.15) is 18.1 Å². The van der Waals surface area contributed by atoms with Crippen molar-refractivity contribution in [3.05, 3.63) is 145 Å². The zero-order valence-corrected chi connectivity index (χ0v) is 24.3. The molecule has 4 aromatic carbocycles. The SMILES string of the molecule is CC1(C(F)(F)F)c2ccccc2-c2c[c-]c(-c3cc4ccccc4cn3)cc21.[Ir].[c-]1ccccc1-c1ccccn1. The van der Waals surface area contributed by atoms with E-state index in [1.165, 1.54) is 6.92 Å². The number of nitrogens with zero attached hydrogens (tertiary/aromatic N) is 2. The molecule has 41 heavy (non-hydrogen) atoms. The van der Waals surface area contributed by atoms with Crippen LogP contribution in [0.5, 0.6) is 0 Å². The van der Waals surface area contributed by atoms with Gasteiger partial charge in [-0.25, -0.2) is 0 Å². The van der Waals surface area contributed by atoms with E-state index in [0.29, 0.717) is 22.4 Å². The normalized spacial score (nSPS) is 15.2. The van der Waals surface area contributed by atoms with Crippen molar-refractivity contribution in [1.82, 2.24) is 9.97 Å². The minimum atomic E-state index is -4.41. The van der Waals surface area contributed by atoms with E-state index in [1.807, 2.05) is 72.8 Å². The monoisotopic (exact) mass is 721 g/mol. The number of hydrogen-bond acceptors (Lipinski definition) is 2. The summed E-state index contributed by atoms with van der Waals surface area (Å²) >= 11 is 0. The number of hydrogen-bond donors (Lipinski definition) is 0. The molecule has 1 aliphatic carbocycles. The van der Waals surface area contributed by atoms with Gasteiger partial charge in [0.05, 0.1) is 5.41 Å². The summed E-state index contributed by atoms with van der Waals surface area (Å²) in [6.45, 7) is 1.26. The zero-order chi connectivity index (χ0) is 27.7. The average molecular weight is 721 g/mol. The van der Waals surface area contributed by atoms with Crippen molar-refractivity contribution in [1.29, 1.82) is 0 Å². The Kier molecular flexibility index (Phi) is 7.90. The van der Waals surface area contributed by atoms with Gasteiger partial charge in [0.25, 0.3) is 0 Å². The fourth-order valence-corrected chi connectivity index (χ4v) is 5.19. The molecule has 1 radical (unpaired) electrons. The molecule has 7 rings (SSSR count). The standard InChI is InChI=1S/C24H15F3N.C11H8N.Ir/c1-23(24(25,26)27)20-9-5-4-8-18(20)19-11-10-16(12-21(19)23)22-13-15-6-2-3-7-17(15)14-28-22;1-2-6-10(7-3-1)11-8-4-5-9-12-11;/h2-9,11-14H,1H3;1-6,8-9H;/q2*-1;. The average Bonchev–Trinajstić information content (AvgIpc) is 3.27. The van der Waals surface area contributed by atoms with Crippen molar-refractivity contribution < 1.29 is 33.3 Å². The second-order valence-corrected chi connectivity index (χ2v) is 9.75. The minimum absolute atomic E-state index is 0. The molecule has 1 aliphatic rings. The van der Waals surface area contributed by atoms with Crippen molar-refractivity contribution >= 4 is 10.8 Å². The summed E-state index contributed by atoms with van der Waals surface area (Å²) in [6, 6.07) is 39.6. The van der Waals surface area contributed by atoms with Crippen molar-refractivity contribution in [2.24, 2.45) is 0 Å². The number of pyridine rings is 2. The summed E-state index contributed by atoms with van der Waals surface area (Å²) in [5, 5.41) is 1.98. The van der Waals surface area contributed by atoms with Gasteiger partial charge in [0.2, 0.25) is 0 Å². The predicted octanol–water partition coefficient (Wildman–Crippen LogP) is 9.10. The molecule has 205 valence electrons. The second-order valence-electron chi connectivity index (χ2n) is 9.75. The van der Waals surface area contributed by atoms with E-state index in [9.17, 15) is 13.2 Å². The molecule has 1 unspecified atom stereocenters. The number of alkyl halides is 3. The summed E-state index contributed by atoms with van der Waals surface area (Å²) in [6.07, 6.45) is -0.886. The Labute approximate surface area is 250 Å². The molecule has 2 nitrogen and oxygen atoms in total. The molecule has 1 atom stereocenters. The van der Waals surface area contributed by atoms with Crippen molar-refractivity contribution in [2.75, 3.05) is 0 Å². The Hall–Kier alpha value is -4.12. The first kappa shape index (κ1) is 28.4. The van der Waals surface area contributed by atoms with E-state index in [2.05, 4.69) is 22.1 Å². The van der Waals surface area contributed by atoms with E-state index >= 15 is 0 Å². The zero-order valence-electron chi connectivity index (χ0n) is 21.9. The van der Waals surface area contributed by atoms with E-state index < -0.39 is 11.6 Å². The van der Waals surface area contributed by atoms with Gasteiger partial charge in [-0.15, -0.1) is 65.2 Å². The Balaban J connectivity index is 0.000000218. The van der Waals surface area contributed by atoms with Crippen LogP contribution in [-0.2, 0) is 25.5 Å². The maximum Gasteiger partial charge on any atom is 0.400 e. The van der Waals surface area contributed by atoms with Crippen LogP contribution in [0.4, 0.5) is 13.2 Å². The number of halogens is 3. The molecule has 0 fully saturated rings. The third-order valence-electron chi connectivity index (χ3n) is 7.37. The quantitative estimate of drug-likeness (QED) is 0.167. The first-order valence-electron chi connectivity index (χ1n) is 12.8. The second kappa shape index (κ2) is 11.4. The van der Waals surface area contributed by atoms with Gasteiger partial charge >= 0.3 is 6.18 Å². The minimum Gasteiger partial charge on any atom is -0.305 e. The van der Waals surface area contributed by atoms with Gasteiger partial charge in [-0.05, 0) is 40.7 Å². The number of fused-ring (bicyclic) bond motifs is 4. The predicted molar refractivity (Wildman–Crippen MR) is 152 cm³/mol. The van der Waals surface area contributed by atoms with Gasteiger partial charge in [-0.2, -0.15) is 13.2 Å². The first-order valence-corrected chi connectivity index (χ1v) is 12.8. The number of aromatic nitrogens is 2. The van der Waals surface area contributed by atoms with E-state index in [1.54, 1.807) is 48.8 Å². The van der Waals surface area contributed by atoms with Crippen molar-refractivity contribution in [3.63, 3.8) is 0 Å². The Morgan fingerprint density at radius 2 is 1.39 bits per heavy atom. The van der Waals surface area contributed by atoms with Crippen molar-refractivity contribution in [2.45, 2.75) is 18.5 Å². The van der Waals surface area contributed by atoms with Crippen LogP contribution < -0.4 is 0 Å². The van der Waals surface area contributed by atoms with Crippen molar-refractivity contribution in [3.8, 4) is 33.6 Å². The van der Waals surface area contributed by atoms with E-state index in [4.69, 9.17) is 0 Å². The molecule has 2 aromatic heterocycles. The smallest absolute Gasteiger partial charge is 0.305 e. The summed E-state index contributed by atoms with van der Waals surface area (Å²) in [7, 11) is 0. The molecule has 6 heteroatoms. The Morgan fingerprint density at radius 1 is 0.659 bits per heavy atom. The van der Waals surface area contributed by atoms with Crippen LogP contribution in [0.2, 0.25) is 0 Å². The fraction of sp³-hybridized carbons (Fsp3) is 0.0857. The van der Waals surface area contributed by atoms with E-state index in [-0.39, 0.29) is 31.2 Å². The summed E-state index contributed by atoms with van der Waals surface area (Å²) in [5.41, 5.74) is 2.87. The molecule has 0 spiro atoms. The molecule has 0 bridgehead atoms. The van der Waals surface area contributed by atoms with Crippen LogP contribution in [0, 0.1) is 12.1 Å². The Bertz CT molecular complexity index is 1770. The molecule has 6 aromatic rings. The third kappa shape index (κ3) is 5.21. The van der Waals surface area contributed by atoms with Gasteiger partial charge in [-0.3, -0.25) is 0 Å². The largest absolute Gasteiger partial charge is 0.400 e. The Morgan fingerprint density at radius 3 is 2.12 bits per heavy atom. The molecule has 2 heterocycles. The van der Waals surface area contributed by atoms with Gasteiger partial charge in [0.1, 0.15) is 0 Å². The van der Waals surface area contributed by atoms with Crippen LogP contribution in [0.25, 0.3) is 44.4 Å². The first-order chi connectivity index (χ1) is 19.4. The number of benzene rings is 4. The molecule has 0 saturated heterocycles. The molecular formula is C35H23F3IrN2-2. The van der Waals surface area contributed by atoms with Crippen LogP contribution in [0.15, 0.2) is 122 Å². The number of rotatable bonds is 2. The van der Waals surface area contributed by atoms with E-state index in [0.717, 1.165) is 22.0 Å². The van der Waals surface area contributed by atoms with Gasteiger partial charge in [0.15, 0.2) is 0 Å². The third-order valence-corrected chi connectivity index (χ3v) is 7.37. The van der Waals surface area contributed by atoms with Crippen LogP contribution >= 0.6 is 0 Å². The van der Waals surface area contributed by atoms with Gasteiger partial charge in [0, 0.05) is 32.5 Å².